The monoisotopic (exact) mass is 418 g/mol. The number of hydrogen-bond acceptors (Lipinski definition) is 5. The number of carbonyl (C=O) groups is 3. The van der Waals surface area contributed by atoms with Crippen molar-refractivity contribution in [2.75, 3.05) is 31.6 Å². The van der Waals surface area contributed by atoms with E-state index >= 15 is 0 Å². The zero-order chi connectivity index (χ0) is 22.1. The molecule has 0 aromatic heterocycles. The Hall–Kier alpha value is -2.45. The fraction of sp³-hybridized carbons (Fsp3) is 0.591. The molecule has 1 aromatic carbocycles. The Morgan fingerprint density at radius 3 is 2.33 bits per heavy atom. The second-order valence-electron chi connectivity index (χ2n) is 7.98. The van der Waals surface area contributed by atoms with E-state index in [0.29, 0.717) is 37.5 Å². The summed E-state index contributed by atoms with van der Waals surface area (Å²) in [5.74, 6) is -0.540. The minimum absolute atomic E-state index is 0.0103. The Morgan fingerprint density at radius 2 is 1.77 bits per heavy atom. The van der Waals surface area contributed by atoms with Crippen molar-refractivity contribution in [3.05, 3.63) is 29.8 Å². The van der Waals surface area contributed by atoms with Crippen LogP contribution in [0.15, 0.2) is 24.3 Å². The zero-order valence-corrected chi connectivity index (χ0v) is 18.1. The lowest BCUT2D eigenvalue weighted by molar-refractivity contribution is -0.127. The normalized spacial score (nSPS) is 16.3. The summed E-state index contributed by atoms with van der Waals surface area (Å²) in [7, 11) is 0. The lowest BCUT2D eigenvalue weighted by Crippen LogP contribution is -2.48. The van der Waals surface area contributed by atoms with Crippen LogP contribution in [-0.4, -0.2) is 61.0 Å². The number of nitrogens with one attached hydrogen (secondary N) is 2. The molecule has 1 heterocycles. The zero-order valence-electron chi connectivity index (χ0n) is 18.1. The fourth-order valence-corrected chi connectivity index (χ4v) is 3.43. The first kappa shape index (κ1) is 23.8. The van der Waals surface area contributed by atoms with Crippen molar-refractivity contribution < 1.29 is 19.1 Å². The third-order valence-electron chi connectivity index (χ3n) is 5.34. The van der Waals surface area contributed by atoms with E-state index in [4.69, 9.17) is 10.5 Å². The van der Waals surface area contributed by atoms with Crippen LogP contribution in [-0.2, 0) is 14.3 Å². The molecule has 1 fully saturated rings. The van der Waals surface area contributed by atoms with Gasteiger partial charge in [-0.2, -0.15) is 0 Å². The van der Waals surface area contributed by atoms with Crippen LogP contribution in [0.4, 0.5) is 5.69 Å². The quantitative estimate of drug-likeness (QED) is 0.501. The Morgan fingerprint density at radius 1 is 1.13 bits per heavy atom. The molecule has 1 unspecified atom stereocenters. The standard InChI is InChI=1S/C22H34N4O4/c1-15(2)30-14-4-11-24-22(29)18-9-12-26(13-10-18)16(3)21(28)25-19-7-5-17(6-8-19)20(23)27/h5-8,15-16,18H,4,9-14H2,1-3H3,(H2,23,27)(H,24,29)(H,25,28). The number of anilines is 1. The smallest absolute Gasteiger partial charge is 0.248 e. The van der Waals surface area contributed by atoms with E-state index in [9.17, 15) is 14.4 Å². The number of piperidine rings is 1. The van der Waals surface area contributed by atoms with Crippen LogP contribution in [0, 0.1) is 5.92 Å². The maximum Gasteiger partial charge on any atom is 0.248 e. The summed E-state index contributed by atoms with van der Waals surface area (Å²) < 4.78 is 5.47. The number of rotatable bonds is 10. The molecule has 1 aromatic rings. The maximum absolute atomic E-state index is 12.6. The maximum atomic E-state index is 12.6. The molecule has 2 rings (SSSR count). The Balaban J connectivity index is 1.72. The molecule has 1 aliphatic rings. The summed E-state index contributed by atoms with van der Waals surface area (Å²) >= 11 is 0. The van der Waals surface area contributed by atoms with Gasteiger partial charge >= 0.3 is 0 Å². The molecule has 1 aliphatic heterocycles. The van der Waals surface area contributed by atoms with Crippen LogP contribution in [0.25, 0.3) is 0 Å². The molecule has 166 valence electrons. The minimum atomic E-state index is -0.503. The van der Waals surface area contributed by atoms with Crippen LogP contribution in [0.2, 0.25) is 0 Å². The summed E-state index contributed by atoms with van der Waals surface area (Å²) in [6, 6.07) is 6.18. The van der Waals surface area contributed by atoms with Gasteiger partial charge in [-0.25, -0.2) is 0 Å². The van der Waals surface area contributed by atoms with Crippen LogP contribution in [0.5, 0.6) is 0 Å². The lowest BCUT2D eigenvalue weighted by atomic mass is 9.95. The van der Waals surface area contributed by atoms with E-state index < -0.39 is 5.91 Å². The average molecular weight is 419 g/mol. The summed E-state index contributed by atoms with van der Waals surface area (Å²) in [5.41, 5.74) is 6.24. The highest BCUT2D eigenvalue weighted by molar-refractivity contribution is 5.96. The minimum Gasteiger partial charge on any atom is -0.379 e. The Labute approximate surface area is 178 Å². The summed E-state index contributed by atoms with van der Waals surface area (Å²) in [5, 5.41) is 5.85. The number of hydrogen-bond donors (Lipinski definition) is 3. The van der Waals surface area contributed by atoms with Gasteiger partial charge in [-0.3, -0.25) is 19.3 Å². The van der Waals surface area contributed by atoms with Crippen LogP contribution in [0.1, 0.15) is 50.4 Å². The van der Waals surface area contributed by atoms with Gasteiger partial charge in [0.05, 0.1) is 12.1 Å². The molecule has 0 saturated carbocycles. The van der Waals surface area contributed by atoms with Crippen molar-refractivity contribution in [2.45, 2.75) is 52.2 Å². The summed E-state index contributed by atoms with van der Waals surface area (Å²) in [4.78, 5) is 38.1. The molecule has 3 amide bonds. The van der Waals surface area contributed by atoms with Gasteiger partial charge in [0.15, 0.2) is 0 Å². The molecule has 1 saturated heterocycles. The second-order valence-corrected chi connectivity index (χ2v) is 7.98. The van der Waals surface area contributed by atoms with Crippen molar-refractivity contribution in [3.8, 4) is 0 Å². The van der Waals surface area contributed by atoms with E-state index in [-0.39, 0.29) is 29.9 Å². The number of nitrogens with zero attached hydrogens (tertiary/aromatic N) is 1. The predicted molar refractivity (Wildman–Crippen MR) is 116 cm³/mol. The highest BCUT2D eigenvalue weighted by Crippen LogP contribution is 2.20. The largest absolute Gasteiger partial charge is 0.379 e. The molecular weight excluding hydrogens is 384 g/mol. The first-order valence-corrected chi connectivity index (χ1v) is 10.6. The highest BCUT2D eigenvalue weighted by atomic mass is 16.5. The van der Waals surface area contributed by atoms with Crippen molar-refractivity contribution in [1.82, 2.24) is 10.2 Å². The molecule has 0 bridgehead atoms. The van der Waals surface area contributed by atoms with Crippen molar-refractivity contribution in [1.29, 1.82) is 0 Å². The average Bonchev–Trinajstić information content (AvgIpc) is 2.73. The van der Waals surface area contributed by atoms with Gasteiger partial charge in [-0.1, -0.05) is 0 Å². The Kier molecular flexibility index (Phi) is 9.26. The third-order valence-corrected chi connectivity index (χ3v) is 5.34. The fourth-order valence-electron chi connectivity index (χ4n) is 3.43. The number of likely N-dealkylation sites (tertiary alicyclic amines) is 1. The van der Waals surface area contributed by atoms with E-state index in [2.05, 4.69) is 15.5 Å². The summed E-state index contributed by atoms with van der Waals surface area (Å²) in [6.45, 7) is 8.52. The highest BCUT2D eigenvalue weighted by Gasteiger charge is 2.29. The van der Waals surface area contributed by atoms with Gasteiger partial charge in [-0.05, 0) is 77.4 Å². The molecule has 0 spiro atoms. The third kappa shape index (κ3) is 7.42. The Bertz CT molecular complexity index is 712. The van der Waals surface area contributed by atoms with Crippen LogP contribution in [0.3, 0.4) is 0 Å². The van der Waals surface area contributed by atoms with Gasteiger partial charge in [-0.15, -0.1) is 0 Å². The van der Waals surface area contributed by atoms with E-state index in [1.54, 1.807) is 24.3 Å². The number of carbonyl (C=O) groups excluding carboxylic acids is 3. The molecule has 0 aliphatic carbocycles. The lowest BCUT2D eigenvalue weighted by Gasteiger charge is -2.34. The number of primary amides is 1. The van der Waals surface area contributed by atoms with Crippen molar-refractivity contribution in [2.24, 2.45) is 11.7 Å². The molecule has 8 nitrogen and oxygen atoms in total. The van der Waals surface area contributed by atoms with Crippen LogP contribution < -0.4 is 16.4 Å². The van der Waals surface area contributed by atoms with Crippen molar-refractivity contribution in [3.63, 3.8) is 0 Å². The number of amides is 3. The van der Waals surface area contributed by atoms with Gasteiger partial charge < -0.3 is 21.1 Å². The number of ether oxygens (including phenoxy) is 1. The first-order valence-electron chi connectivity index (χ1n) is 10.6. The van der Waals surface area contributed by atoms with Crippen molar-refractivity contribution >= 4 is 23.4 Å². The molecule has 8 heteroatoms. The predicted octanol–water partition coefficient (Wildman–Crippen LogP) is 1.76. The number of nitrogens with two attached hydrogens (primary N) is 1. The van der Waals surface area contributed by atoms with Gasteiger partial charge in [0.1, 0.15) is 0 Å². The van der Waals surface area contributed by atoms with Gasteiger partial charge in [0, 0.05) is 30.3 Å². The SMILES string of the molecule is CC(C)OCCCNC(=O)C1CCN(C(C)C(=O)Nc2ccc(C(N)=O)cc2)CC1. The first-order chi connectivity index (χ1) is 14.3. The molecular formula is C22H34N4O4. The van der Waals surface area contributed by atoms with Crippen LogP contribution >= 0.6 is 0 Å². The molecule has 30 heavy (non-hydrogen) atoms. The van der Waals surface area contributed by atoms with E-state index in [1.165, 1.54) is 0 Å². The second kappa shape index (κ2) is 11.7. The number of benzene rings is 1. The van der Waals surface area contributed by atoms with Gasteiger partial charge in [0.25, 0.3) is 0 Å². The van der Waals surface area contributed by atoms with E-state index in [0.717, 1.165) is 19.3 Å². The molecule has 1 atom stereocenters. The topological polar surface area (TPSA) is 114 Å². The molecule has 4 N–H and O–H groups in total. The molecule has 0 radical (unpaired) electrons. The van der Waals surface area contributed by atoms with E-state index in [1.807, 2.05) is 20.8 Å². The summed E-state index contributed by atoms with van der Waals surface area (Å²) in [6.07, 6.45) is 2.48. The van der Waals surface area contributed by atoms with Gasteiger partial charge in [0.2, 0.25) is 17.7 Å².